The third kappa shape index (κ3) is 2.62. The van der Waals surface area contributed by atoms with Crippen molar-refractivity contribution in [2.24, 2.45) is 0 Å². The van der Waals surface area contributed by atoms with E-state index in [4.69, 9.17) is 10.4 Å². The molecule has 4 nitrogen and oxygen atoms in total. The molecular formula is C7H11NO3S. The molecule has 0 radical (unpaired) electrons. The van der Waals surface area contributed by atoms with Crippen molar-refractivity contribution in [1.82, 2.24) is 0 Å². The minimum Gasteiger partial charge on any atom is -0.480 e. The maximum Gasteiger partial charge on any atom is 0.319 e. The molecule has 0 bridgehead atoms. The minimum absolute atomic E-state index is 0.286. The largest absolute Gasteiger partial charge is 0.480 e. The monoisotopic (exact) mass is 189 g/mol. The summed E-state index contributed by atoms with van der Waals surface area (Å²) in [7, 11) is -1.59. The summed E-state index contributed by atoms with van der Waals surface area (Å²) in [6, 6.07) is 1.77. The Morgan fingerprint density at radius 3 is 2.50 bits per heavy atom. The second kappa shape index (κ2) is 4.88. The van der Waals surface area contributed by atoms with Gasteiger partial charge in [-0.2, -0.15) is 5.26 Å². The van der Waals surface area contributed by atoms with Gasteiger partial charge in [0.1, 0.15) is 10.5 Å². The van der Waals surface area contributed by atoms with Crippen LogP contribution >= 0.6 is 0 Å². The van der Waals surface area contributed by atoms with Gasteiger partial charge < -0.3 is 5.11 Å². The summed E-state index contributed by atoms with van der Waals surface area (Å²) in [5, 5.41) is 15.3. The third-order valence-electron chi connectivity index (χ3n) is 1.46. The van der Waals surface area contributed by atoms with Crippen LogP contribution in [0.4, 0.5) is 0 Å². The molecule has 1 N–H and O–H groups in total. The van der Waals surface area contributed by atoms with Gasteiger partial charge in [-0.05, 0) is 13.3 Å². The van der Waals surface area contributed by atoms with Crippen molar-refractivity contribution in [3.63, 3.8) is 0 Å². The van der Waals surface area contributed by atoms with Crippen LogP contribution in [0.1, 0.15) is 20.3 Å². The van der Waals surface area contributed by atoms with E-state index in [1.165, 1.54) is 6.92 Å². The standard InChI is InChI=1S/C7H11NO3S/c1-3-6(7(9)10)12(11)5(2)4-8/h5-6H,3H2,1-2H3,(H,9,10). The van der Waals surface area contributed by atoms with E-state index in [1.807, 2.05) is 0 Å². The summed E-state index contributed by atoms with van der Waals surface area (Å²) in [5.74, 6) is -1.10. The van der Waals surface area contributed by atoms with Crippen LogP contribution in [-0.2, 0) is 15.6 Å². The van der Waals surface area contributed by atoms with Crippen molar-refractivity contribution in [2.75, 3.05) is 0 Å². The number of hydrogen-bond donors (Lipinski definition) is 1. The average molecular weight is 189 g/mol. The van der Waals surface area contributed by atoms with E-state index in [-0.39, 0.29) is 6.42 Å². The van der Waals surface area contributed by atoms with Crippen LogP contribution in [0.5, 0.6) is 0 Å². The minimum atomic E-state index is -1.59. The highest BCUT2D eigenvalue weighted by Gasteiger charge is 2.26. The molecule has 0 aromatic heterocycles. The quantitative estimate of drug-likeness (QED) is 0.699. The Balaban J connectivity index is 4.45. The second-order valence-electron chi connectivity index (χ2n) is 2.33. The molecule has 0 saturated heterocycles. The summed E-state index contributed by atoms with van der Waals surface area (Å²) in [5.41, 5.74) is 0. The number of carboxylic acids is 1. The van der Waals surface area contributed by atoms with Gasteiger partial charge >= 0.3 is 5.97 Å². The maximum atomic E-state index is 11.3. The number of rotatable bonds is 4. The molecule has 68 valence electrons. The first-order chi connectivity index (χ1) is 5.54. The van der Waals surface area contributed by atoms with Crippen LogP contribution in [0.15, 0.2) is 0 Å². The Morgan fingerprint density at radius 2 is 2.25 bits per heavy atom. The maximum absolute atomic E-state index is 11.3. The third-order valence-corrected chi connectivity index (χ3v) is 3.36. The van der Waals surface area contributed by atoms with E-state index in [2.05, 4.69) is 0 Å². The Kier molecular flexibility index (Phi) is 4.52. The van der Waals surface area contributed by atoms with Gasteiger partial charge in [0.25, 0.3) is 0 Å². The fraction of sp³-hybridized carbons (Fsp3) is 0.714. The van der Waals surface area contributed by atoms with E-state index < -0.39 is 27.3 Å². The summed E-state index contributed by atoms with van der Waals surface area (Å²) in [4.78, 5) is 10.5. The molecule has 3 atom stereocenters. The Hall–Kier alpha value is -0.890. The normalized spacial score (nSPS) is 17.4. The van der Waals surface area contributed by atoms with Gasteiger partial charge in [0.05, 0.1) is 16.9 Å². The van der Waals surface area contributed by atoms with E-state index in [9.17, 15) is 9.00 Å². The number of aliphatic carboxylic acids is 1. The fourth-order valence-corrected chi connectivity index (χ4v) is 1.86. The molecule has 3 unspecified atom stereocenters. The van der Waals surface area contributed by atoms with Crippen LogP contribution in [0, 0.1) is 11.3 Å². The molecule has 0 amide bonds. The smallest absolute Gasteiger partial charge is 0.319 e. The molecule has 0 heterocycles. The zero-order valence-corrected chi connectivity index (χ0v) is 7.80. The molecule has 0 aromatic carbocycles. The molecular weight excluding hydrogens is 178 g/mol. The summed E-state index contributed by atoms with van der Waals surface area (Å²) >= 11 is 0. The van der Waals surface area contributed by atoms with Gasteiger partial charge in [0.15, 0.2) is 0 Å². The van der Waals surface area contributed by atoms with Gasteiger partial charge in [-0.15, -0.1) is 0 Å². The van der Waals surface area contributed by atoms with Crippen LogP contribution in [0.3, 0.4) is 0 Å². The number of nitriles is 1. The van der Waals surface area contributed by atoms with Crippen LogP contribution < -0.4 is 0 Å². The predicted octanol–water partition coefficient (Wildman–Crippen LogP) is 0.510. The molecule has 0 spiro atoms. The lowest BCUT2D eigenvalue weighted by molar-refractivity contribution is -0.136. The Bertz CT molecular complexity index is 233. The highest BCUT2D eigenvalue weighted by molar-refractivity contribution is 7.87. The molecule has 0 fully saturated rings. The number of carboxylic acid groups (broad SMARTS) is 1. The first-order valence-corrected chi connectivity index (χ1v) is 4.84. The van der Waals surface area contributed by atoms with Crippen LogP contribution in [0.2, 0.25) is 0 Å². The van der Waals surface area contributed by atoms with Gasteiger partial charge in [-0.3, -0.25) is 9.00 Å². The molecule has 0 rings (SSSR count). The topological polar surface area (TPSA) is 78.2 Å². The lowest BCUT2D eigenvalue weighted by atomic mass is 10.3. The van der Waals surface area contributed by atoms with Crippen molar-refractivity contribution >= 4 is 16.8 Å². The van der Waals surface area contributed by atoms with E-state index in [0.717, 1.165) is 0 Å². The summed E-state index contributed by atoms with van der Waals surface area (Å²) in [6.07, 6.45) is 0.286. The van der Waals surface area contributed by atoms with Crippen molar-refractivity contribution < 1.29 is 14.1 Å². The lowest BCUT2D eigenvalue weighted by Crippen LogP contribution is -2.30. The number of hydrogen-bond acceptors (Lipinski definition) is 3. The van der Waals surface area contributed by atoms with Crippen LogP contribution in [-0.4, -0.2) is 25.8 Å². The van der Waals surface area contributed by atoms with Gasteiger partial charge in [0, 0.05) is 0 Å². The molecule has 0 aliphatic rings. The average Bonchev–Trinajstić information content (AvgIpc) is 2.03. The molecule has 0 aromatic rings. The van der Waals surface area contributed by atoms with Crippen molar-refractivity contribution in [3.05, 3.63) is 0 Å². The first-order valence-electron chi connectivity index (χ1n) is 3.56. The molecule has 0 aliphatic carbocycles. The van der Waals surface area contributed by atoms with Crippen molar-refractivity contribution in [1.29, 1.82) is 5.26 Å². The van der Waals surface area contributed by atoms with Gasteiger partial charge in [-0.1, -0.05) is 6.92 Å². The Labute approximate surface area is 73.7 Å². The predicted molar refractivity (Wildman–Crippen MR) is 44.9 cm³/mol. The molecule has 12 heavy (non-hydrogen) atoms. The first kappa shape index (κ1) is 11.1. The van der Waals surface area contributed by atoms with E-state index in [0.29, 0.717) is 0 Å². The Morgan fingerprint density at radius 1 is 1.75 bits per heavy atom. The van der Waals surface area contributed by atoms with Crippen molar-refractivity contribution in [2.45, 2.75) is 30.8 Å². The number of carbonyl (C=O) groups is 1. The SMILES string of the molecule is CCC(C(=O)O)S(=O)C(C)C#N. The highest BCUT2D eigenvalue weighted by atomic mass is 32.2. The lowest BCUT2D eigenvalue weighted by Gasteiger charge is -2.10. The van der Waals surface area contributed by atoms with Crippen molar-refractivity contribution in [3.8, 4) is 6.07 Å². The summed E-state index contributed by atoms with van der Waals surface area (Å²) in [6.45, 7) is 3.10. The molecule has 5 heteroatoms. The van der Waals surface area contributed by atoms with Crippen LogP contribution in [0.25, 0.3) is 0 Å². The molecule has 0 aliphatic heterocycles. The fourth-order valence-electron chi connectivity index (χ4n) is 0.737. The van der Waals surface area contributed by atoms with Gasteiger partial charge in [-0.25, -0.2) is 0 Å². The summed E-state index contributed by atoms with van der Waals surface area (Å²) < 4.78 is 11.3. The van der Waals surface area contributed by atoms with Gasteiger partial charge in [0.2, 0.25) is 0 Å². The van der Waals surface area contributed by atoms with E-state index >= 15 is 0 Å². The zero-order chi connectivity index (χ0) is 9.72. The molecule has 0 saturated carbocycles. The van der Waals surface area contributed by atoms with E-state index in [1.54, 1.807) is 13.0 Å². The number of nitrogens with zero attached hydrogens (tertiary/aromatic N) is 1. The highest BCUT2D eigenvalue weighted by Crippen LogP contribution is 2.07. The second-order valence-corrected chi connectivity index (χ2v) is 4.27. The zero-order valence-electron chi connectivity index (χ0n) is 6.98.